The lowest BCUT2D eigenvalue weighted by Gasteiger charge is -2.14. The lowest BCUT2D eigenvalue weighted by molar-refractivity contribution is -0.122. The van der Waals surface area contributed by atoms with Crippen molar-refractivity contribution in [3.05, 3.63) is 47.5 Å². The number of hydrogen-bond donors (Lipinski definition) is 1. The summed E-state index contributed by atoms with van der Waals surface area (Å²) >= 11 is 0. The van der Waals surface area contributed by atoms with E-state index in [1.54, 1.807) is 33.5 Å². The normalized spacial score (nSPS) is 10.5. The Hall–Kier alpha value is -3.62. The molecule has 1 amide bonds. The lowest BCUT2D eigenvalue weighted by Crippen LogP contribution is -2.28. The molecule has 0 atom stereocenters. The Morgan fingerprint density at radius 2 is 1.67 bits per heavy atom. The first-order valence-corrected chi connectivity index (χ1v) is 9.50. The number of hydrogen-bond acceptors (Lipinski definition) is 7. The predicted octanol–water partition coefficient (Wildman–Crippen LogP) is 2.24. The molecule has 9 heteroatoms. The zero-order valence-corrected chi connectivity index (χ0v) is 17.5. The van der Waals surface area contributed by atoms with Crippen LogP contribution >= 0.6 is 0 Å². The van der Waals surface area contributed by atoms with Gasteiger partial charge in [-0.25, -0.2) is 0 Å². The number of amides is 1. The van der Waals surface area contributed by atoms with E-state index in [0.29, 0.717) is 23.1 Å². The summed E-state index contributed by atoms with van der Waals surface area (Å²) in [5, 5.41) is 15.1. The SMILES string of the molecule is CCc1ccc(-c2nnn(CC(=O)NCc3cc(OC)c(OC)cc3OC)n2)cc1. The molecule has 1 aromatic heterocycles. The number of ether oxygens (including phenoxy) is 3. The number of nitrogens with one attached hydrogen (secondary N) is 1. The third-order valence-electron chi connectivity index (χ3n) is 4.62. The molecule has 0 saturated heterocycles. The Bertz CT molecular complexity index is 1000. The Labute approximate surface area is 175 Å². The summed E-state index contributed by atoms with van der Waals surface area (Å²) in [5.74, 6) is 1.92. The van der Waals surface area contributed by atoms with Crippen LogP contribution < -0.4 is 19.5 Å². The van der Waals surface area contributed by atoms with Gasteiger partial charge < -0.3 is 19.5 Å². The van der Waals surface area contributed by atoms with Crippen LogP contribution in [0.2, 0.25) is 0 Å². The van der Waals surface area contributed by atoms with E-state index in [1.807, 2.05) is 24.3 Å². The van der Waals surface area contributed by atoms with Crippen LogP contribution in [0.25, 0.3) is 11.4 Å². The van der Waals surface area contributed by atoms with Crippen LogP contribution in [-0.2, 0) is 24.3 Å². The van der Waals surface area contributed by atoms with Crippen molar-refractivity contribution in [1.29, 1.82) is 0 Å². The average Bonchev–Trinajstić information content (AvgIpc) is 3.25. The van der Waals surface area contributed by atoms with Crippen molar-refractivity contribution < 1.29 is 19.0 Å². The van der Waals surface area contributed by atoms with Gasteiger partial charge in [-0.2, -0.15) is 4.80 Å². The number of rotatable bonds is 9. The highest BCUT2D eigenvalue weighted by molar-refractivity contribution is 5.75. The first-order chi connectivity index (χ1) is 14.6. The van der Waals surface area contributed by atoms with E-state index in [0.717, 1.165) is 17.5 Å². The van der Waals surface area contributed by atoms with Crippen molar-refractivity contribution in [3.63, 3.8) is 0 Å². The maximum Gasteiger partial charge on any atom is 0.243 e. The fourth-order valence-corrected chi connectivity index (χ4v) is 2.92. The monoisotopic (exact) mass is 411 g/mol. The summed E-state index contributed by atoms with van der Waals surface area (Å²) in [5.41, 5.74) is 2.84. The van der Waals surface area contributed by atoms with Gasteiger partial charge in [0.05, 0.1) is 21.3 Å². The van der Waals surface area contributed by atoms with Gasteiger partial charge in [-0.15, -0.1) is 10.2 Å². The van der Waals surface area contributed by atoms with Crippen LogP contribution in [0.3, 0.4) is 0 Å². The average molecular weight is 411 g/mol. The largest absolute Gasteiger partial charge is 0.496 e. The maximum absolute atomic E-state index is 12.4. The molecule has 158 valence electrons. The molecule has 0 aliphatic rings. The van der Waals surface area contributed by atoms with Crippen molar-refractivity contribution in [2.75, 3.05) is 21.3 Å². The number of nitrogens with zero attached hydrogens (tertiary/aromatic N) is 4. The van der Waals surface area contributed by atoms with Crippen LogP contribution in [0, 0.1) is 0 Å². The summed E-state index contributed by atoms with van der Waals surface area (Å²) < 4.78 is 16.0. The van der Waals surface area contributed by atoms with Gasteiger partial charge in [-0.1, -0.05) is 31.2 Å². The number of benzene rings is 2. The zero-order valence-electron chi connectivity index (χ0n) is 17.5. The number of aryl methyl sites for hydroxylation is 1. The van der Waals surface area contributed by atoms with Crippen LogP contribution in [0.4, 0.5) is 0 Å². The van der Waals surface area contributed by atoms with Gasteiger partial charge >= 0.3 is 0 Å². The van der Waals surface area contributed by atoms with Crippen LogP contribution in [0.1, 0.15) is 18.1 Å². The number of tetrazole rings is 1. The number of methoxy groups -OCH3 is 3. The van der Waals surface area contributed by atoms with E-state index < -0.39 is 0 Å². The van der Waals surface area contributed by atoms with Crippen molar-refractivity contribution in [1.82, 2.24) is 25.5 Å². The van der Waals surface area contributed by atoms with Gasteiger partial charge in [-0.3, -0.25) is 4.79 Å². The standard InChI is InChI=1S/C21H25N5O4/c1-5-14-6-8-15(9-7-14)21-23-25-26(24-21)13-20(27)22-12-16-10-18(29-3)19(30-4)11-17(16)28-2/h6-11H,5,12-13H2,1-4H3,(H,22,27). The van der Waals surface area contributed by atoms with E-state index in [9.17, 15) is 4.79 Å². The summed E-state index contributed by atoms with van der Waals surface area (Å²) in [7, 11) is 4.66. The van der Waals surface area contributed by atoms with E-state index in [-0.39, 0.29) is 19.0 Å². The molecule has 2 aromatic carbocycles. The van der Waals surface area contributed by atoms with Crippen molar-refractivity contribution >= 4 is 5.91 Å². The molecular weight excluding hydrogens is 386 g/mol. The van der Waals surface area contributed by atoms with Crippen molar-refractivity contribution in [2.45, 2.75) is 26.4 Å². The van der Waals surface area contributed by atoms with Gasteiger partial charge in [0, 0.05) is 23.7 Å². The number of carbonyl (C=O) groups is 1. The van der Waals surface area contributed by atoms with Crippen LogP contribution in [-0.4, -0.2) is 47.4 Å². The second kappa shape index (κ2) is 9.73. The Balaban J connectivity index is 1.63. The first-order valence-electron chi connectivity index (χ1n) is 9.50. The molecule has 0 aliphatic carbocycles. The molecule has 0 fully saturated rings. The Morgan fingerprint density at radius 1 is 1.00 bits per heavy atom. The first kappa shape index (κ1) is 21.1. The highest BCUT2D eigenvalue weighted by Crippen LogP contribution is 2.34. The van der Waals surface area contributed by atoms with Gasteiger partial charge in [0.15, 0.2) is 11.5 Å². The summed E-state index contributed by atoms with van der Waals surface area (Å²) in [6, 6.07) is 11.4. The molecule has 0 bridgehead atoms. The van der Waals surface area contributed by atoms with Crippen molar-refractivity contribution in [2.24, 2.45) is 0 Å². The highest BCUT2D eigenvalue weighted by Gasteiger charge is 2.14. The minimum atomic E-state index is -0.253. The lowest BCUT2D eigenvalue weighted by atomic mass is 10.1. The minimum absolute atomic E-state index is 0.0460. The smallest absolute Gasteiger partial charge is 0.243 e. The summed E-state index contributed by atoms with van der Waals surface area (Å²) in [6.07, 6.45) is 0.964. The summed E-state index contributed by atoms with van der Waals surface area (Å²) in [6.45, 7) is 2.30. The summed E-state index contributed by atoms with van der Waals surface area (Å²) in [4.78, 5) is 13.6. The highest BCUT2D eigenvalue weighted by atomic mass is 16.5. The molecule has 0 spiro atoms. The Morgan fingerprint density at radius 3 is 2.30 bits per heavy atom. The van der Waals surface area contributed by atoms with E-state index in [2.05, 4.69) is 27.7 Å². The topological polar surface area (TPSA) is 100 Å². The maximum atomic E-state index is 12.4. The van der Waals surface area contributed by atoms with Gasteiger partial charge in [0.1, 0.15) is 12.3 Å². The quantitative estimate of drug-likeness (QED) is 0.576. The minimum Gasteiger partial charge on any atom is -0.496 e. The van der Waals surface area contributed by atoms with E-state index in [1.165, 1.54) is 10.4 Å². The molecule has 30 heavy (non-hydrogen) atoms. The van der Waals surface area contributed by atoms with E-state index >= 15 is 0 Å². The molecule has 0 unspecified atom stereocenters. The molecule has 1 heterocycles. The molecule has 0 aliphatic heterocycles. The molecule has 0 radical (unpaired) electrons. The molecule has 0 saturated carbocycles. The number of carbonyl (C=O) groups excluding carboxylic acids is 1. The zero-order chi connectivity index (χ0) is 21.5. The molecule has 3 aromatic rings. The molecule has 1 N–H and O–H groups in total. The van der Waals surface area contributed by atoms with Crippen LogP contribution in [0.15, 0.2) is 36.4 Å². The number of aromatic nitrogens is 4. The fraction of sp³-hybridized carbons (Fsp3) is 0.333. The fourth-order valence-electron chi connectivity index (χ4n) is 2.92. The van der Waals surface area contributed by atoms with E-state index in [4.69, 9.17) is 14.2 Å². The second-order valence-corrected chi connectivity index (χ2v) is 6.49. The predicted molar refractivity (Wildman–Crippen MR) is 111 cm³/mol. The third kappa shape index (κ3) is 4.86. The second-order valence-electron chi connectivity index (χ2n) is 6.49. The Kier molecular flexibility index (Phi) is 6.84. The van der Waals surface area contributed by atoms with Crippen LogP contribution in [0.5, 0.6) is 17.2 Å². The molecule has 9 nitrogen and oxygen atoms in total. The van der Waals surface area contributed by atoms with Gasteiger partial charge in [-0.05, 0) is 23.3 Å². The third-order valence-corrected chi connectivity index (χ3v) is 4.62. The van der Waals surface area contributed by atoms with Gasteiger partial charge in [0.25, 0.3) is 0 Å². The van der Waals surface area contributed by atoms with Gasteiger partial charge in [0.2, 0.25) is 11.7 Å². The molecule has 3 rings (SSSR count). The molecular formula is C21H25N5O4. The van der Waals surface area contributed by atoms with Crippen molar-refractivity contribution in [3.8, 4) is 28.6 Å².